The van der Waals surface area contributed by atoms with Gasteiger partial charge in [0.2, 0.25) is 0 Å². The Kier molecular flexibility index (Phi) is 6.66. The van der Waals surface area contributed by atoms with Crippen LogP contribution >= 0.6 is 11.3 Å². The zero-order chi connectivity index (χ0) is 27.3. The SMILES string of the molecule is Cn1cc(-c2nc(N3CCOCC3)c3sc(CN4CCN(C(=O)C(C)(C)O)CC4)cc3n2)c2cc[nH]c2c1=O. The lowest BCUT2D eigenvalue weighted by Crippen LogP contribution is -2.53. The van der Waals surface area contributed by atoms with Crippen LogP contribution in [0.3, 0.4) is 0 Å². The number of nitrogens with one attached hydrogen (secondary N) is 1. The standard InChI is InChI=1S/C27H33N7O4S/c1-27(2,37)26(36)34-8-6-32(7-9-34)15-17-14-20-22(39-17)24(33-10-12-38-13-11-33)30-23(29-20)19-16-31(3)25(35)21-18(19)4-5-28-21/h4-5,14,16,28,37H,6-13,15H2,1-3H3. The van der Waals surface area contributed by atoms with Gasteiger partial charge in [0.05, 0.1) is 23.4 Å². The lowest BCUT2D eigenvalue weighted by molar-refractivity contribution is -0.149. The van der Waals surface area contributed by atoms with Crippen molar-refractivity contribution >= 4 is 44.2 Å². The molecule has 0 bridgehead atoms. The predicted octanol–water partition coefficient (Wildman–Crippen LogP) is 1.79. The average molecular weight is 552 g/mol. The van der Waals surface area contributed by atoms with E-state index in [4.69, 9.17) is 14.7 Å². The molecule has 0 aliphatic carbocycles. The van der Waals surface area contributed by atoms with Gasteiger partial charge in [0.25, 0.3) is 11.5 Å². The first-order valence-electron chi connectivity index (χ1n) is 13.2. The molecule has 206 valence electrons. The number of aromatic amines is 1. The van der Waals surface area contributed by atoms with Crippen molar-refractivity contribution in [2.45, 2.75) is 26.0 Å². The van der Waals surface area contributed by atoms with Crippen molar-refractivity contribution in [3.63, 3.8) is 0 Å². The molecule has 12 heteroatoms. The quantitative estimate of drug-likeness (QED) is 0.385. The summed E-state index contributed by atoms with van der Waals surface area (Å²) in [6, 6.07) is 4.04. The topological polar surface area (TPSA) is 120 Å². The molecule has 2 fully saturated rings. The van der Waals surface area contributed by atoms with Crippen LogP contribution in [-0.2, 0) is 23.1 Å². The van der Waals surface area contributed by atoms with Crippen LogP contribution in [0.5, 0.6) is 0 Å². The molecular formula is C27H33N7O4S. The largest absolute Gasteiger partial charge is 0.381 e. The van der Waals surface area contributed by atoms with Crippen LogP contribution in [0.2, 0.25) is 0 Å². The van der Waals surface area contributed by atoms with Crippen LogP contribution in [0.25, 0.3) is 32.5 Å². The molecule has 1 amide bonds. The van der Waals surface area contributed by atoms with Gasteiger partial charge >= 0.3 is 0 Å². The molecule has 0 atom stereocenters. The fourth-order valence-corrected chi connectivity index (χ4v) is 6.47. The molecule has 0 unspecified atom stereocenters. The van der Waals surface area contributed by atoms with Gasteiger partial charge in [0, 0.05) is 81.1 Å². The van der Waals surface area contributed by atoms with E-state index in [1.54, 1.807) is 34.0 Å². The number of hydrogen-bond acceptors (Lipinski definition) is 9. The third kappa shape index (κ3) is 4.93. The Morgan fingerprint density at radius 2 is 1.90 bits per heavy atom. The summed E-state index contributed by atoms with van der Waals surface area (Å²) in [5, 5.41) is 10.9. The van der Waals surface area contributed by atoms with Gasteiger partial charge in [-0.25, -0.2) is 9.97 Å². The Hall–Kier alpha value is -3.32. The summed E-state index contributed by atoms with van der Waals surface area (Å²) in [7, 11) is 1.74. The highest BCUT2D eigenvalue weighted by molar-refractivity contribution is 7.19. The molecule has 2 aliphatic heterocycles. The van der Waals surface area contributed by atoms with Crippen molar-refractivity contribution in [2.75, 3.05) is 57.4 Å². The first kappa shape index (κ1) is 25.9. The molecule has 6 rings (SSSR count). The second kappa shape index (κ2) is 10.0. The number of ether oxygens (including phenoxy) is 1. The van der Waals surface area contributed by atoms with Crippen LogP contribution in [0.4, 0.5) is 5.82 Å². The number of pyridine rings is 1. The molecule has 0 saturated carbocycles. The minimum absolute atomic E-state index is 0.0876. The highest BCUT2D eigenvalue weighted by Gasteiger charge is 2.31. The van der Waals surface area contributed by atoms with Crippen LogP contribution < -0.4 is 10.5 Å². The number of anilines is 1. The summed E-state index contributed by atoms with van der Waals surface area (Å²) >= 11 is 1.71. The van der Waals surface area contributed by atoms with E-state index in [2.05, 4.69) is 20.9 Å². The number of aliphatic hydroxyl groups is 1. The Balaban J connectivity index is 1.34. The van der Waals surface area contributed by atoms with Gasteiger partial charge in [-0.3, -0.25) is 14.5 Å². The number of carbonyl (C=O) groups is 1. The van der Waals surface area contributed by atoms with E-state index in [0.717, 1.165) is 59.7 Å². The molecular weight excluding hydrogens is 518 g/mol. The molecule has 2 saturated heterocycles. The summed E-state index contributed by atoms with van der Waals surface area (Å²) in [5.41, 5.74) is 0.798. The van der Waals surface area contributed by atoms with Crippen molar-refractivity contribution in [3.8, 4) is 11.4 Å². The lowest BCUT2D eigenvalue weighted by atomic mass is 10.1. The predicted molar refractivity (Wildman–Crippen MR) is 151 cm³/mol. The Bertz CT molecular complexity index is 1590. The third-order valence-corrected chi connectivity index (χ3v) is 8.52. The molecule has 4 aromatic rings. The van der Waals surface area contributed by atoms with E-state index in [-0.39, 0.29) is 11.5 Å². The smallest absolute Gasteiger partial charge is 0.274 e. The lowest BCUT2D eigenvalue weighted by Gasteiger charge is -2.36. The number of aromatic nitrogens is 4. The summed E-state index contributed by atoms with van der Waals surface area (Å²) in [6.45, 7) is 9.30. The minimum Gasteiger partial charge on any atom is -0.381 e. The monoisotopic (exact) mass is 551 g/mol. The molecule has 4 aromatic heterocycles. The van der Waals surface area contributed by atoms with E-state index in [1.165, 1.54) is 18.7 Å². The molecule has 0 aromatic carbocycles. The number of nitrogens with zero attached hydrogens (tertiary/aromatic N) is 6. The first-order valence-corrected chi connectivity index (χ1v) is 14.0. The van der Waals surface area contributed by atoms with E-state index in [1.807, 2.05) is 12.3 Å². The van der Waals surface area contributed by atoms with Crippen LogP contribution in [-0.4, -0.2) is 98.4 Å². The van der Waals surface area contributed by atoms with E-state index >= 15 is 0 Å². The maximum absolute atomic E-state index is 12.6. The average Bonchev–Trinajstić information content (AvgIpc) is 3.57. The van der Waals surface area contributed by atoms with Gasteiger partial charge in [-0.15, -0.1) is 11.3 Å². The minimum atomic E-state index is -1.35. The van der Waals surface area contributed by atoms with Gasteiger partial charge < -0.3 is 29.2 Å². The second-order valence-corrected chi connectivity index (χ2v) is 11.9. The van der Waals surface area contributed by atoms with Gasteiger partial charge in [0.15, 0.2) is 11.6 Å². The normalized spacial score (nSPS) is 17.4. The number of H-pyrrole nitrogens is 1. The molecule has 0 spiro atoms. The summed E-state index contributed by atoms with van der Waals surface area (Å²) in [6.07, 6.45) is 3.58. The number of amides is 1. The third-order valence-electron chi connectivity index (χ3n) is 7.41. The first-order chi connectivity index (χ1) is 18.7. The molecule has 39 heavy (non-hydrogen) atoms. The van der Waals surface area contributed by atoms with E-state index < -0.39 is 5.60 Å². The molecule has 2 N–H and O–H groups in total. The highest BCUT2D eigenvalue weighted by atomic mass is 32.1. The van der Waals surface area contributed by atoms with Crippen LogP contribution in [0.1, 0.15) is 18.7 Å². The number of aryl methyl sites for hydroxylation is 1. The Labute approximate surface area is 229 Å². The number of fused-ring (bicyclic) bond motifs is 2. The number of piperazine rings is 1. The molecule has 0 radical (unpaired) electrons. The summed E-state index contributed by atoms with van der Waals surface area (Å²) in [4.78, 5) is 45.7. The van der Waals surface area contributed by atoms with Crippen molar-refractivity contribution in [2.24, 2.45) is 7.05 Å². The van der Waals surface area contributed by atoms with E-state index in [0.29, 0.717) is 37.6 Å². The maximum Gasteiger partial charge on any atom is 0.274 e. The Morgan fingerprint density at radius 3 is 2.62 bits per heavy atom. The maximum atomic E-state index is 12.6. The zero-order valence-electron chi connectivity index (χ0n) is 22.4. The number of carbonyl (C=O) groups excluding carboxylic acids is 1. The Morgan fingerprint density at radius 1 is 1.15 bits per heavy atom. The number of rotatable bonds is 5. The van der Waals surface area contributed by atoms with Crippen molar-refractivity contribution < 1.29 is 14.6 Å². The van der Waals surface area contributed by atoms with Gasteiger partial charge in [-0.1, -0.05) is 0 Å². The number of thiophene rings is 1. The highest BCUT2D eigenvalue weighted by Crippen LogP contribution is 2.36. The van der Waals surface area contributed by atoms with Gasteiger partial charge in [-0.05, 0) is 26.0 Å². The van der Waals surface area contributed by atoms with E-state index in [9.17, 15) is 14.7 Å². The fraction of sp³-hybridized carbons (Fsp3) is 0.481. The van der Waals surface area contributed by atoms with Gasteiger partial charge in [0.1, 0.15) is 11.1 Å². The van der Waals surface area contributed by atoms with Crippen molar-refractivity contribution in [1.29, 1.82) is 0 Å². The van der Waals surface area contributed by atoms with Crippen LogP contribution in [0.15, 0.2) is 29.3 Å². The van der Waals surface area contributed by atoms with Gasteiger partial charge in [-0.2, -0.15) is 0 Å². The fourth-order valence-electron chi connectivity index (χ4n) is 5.32. The van der Waals surface area contributed by atoms with Crippen molar-refractivity contribution in [1.82, 2.24) is 29.3 Å². The molecule has 6 heterocycles. The molecule has 11 nitrogen and oxygen atoms in total. The second-order valence-electron chi connectivity index (χ2n) is 10.7. The zero-order valence-corrected chi connectivity index (χ0v) is 23.3. The number of morpholine rings is 1. The number of hydrogen-bond donors (Lipinski definition) is 2. The van der Waals surface area contributed by atoms with Crippen LogP contribution in [0, 0.1) is 0 Å². The summed E-state index contributed by atoms with van der Waals surface area (Å²) < 4.78 is 8.21. The summed E-state index contributed by atoms with van der Waals surface area (Å²) in [5.74, 6) is 1.26. The van der Waals surface area contributed by atoms with Crippen molar-refractivity contribution in [3.05, 3.63) is 39.8 Å². The molecule has 2 aliphatic rings.